The van der Waals surface area contributed by atoms with Crippen molar-refractivity contribution >= 4 is 22.7 Å². The molecule has 0 aromatic heterocycles. The number of rotatable bonds is 3. The minimum absolute atomic E-state index is 0.330. The highest BCUT2D eigenvalue weighted by Gasteiger charge is 2.13. The molecule has 0 unspecified atom stereocenters. The standard InChI is InChI=1S/C22H17N/c1-2-11-19(12-3-1)23-16-22-20-13-7-6-10-18(20)14-15-21(22)17-8-4-5-9-17/h1-17H. The van der Waals surface area contributed by atoms with Crippen LogP contribution >= 0.6 is 0 Å². The lowest BCUT2D eigenvalue weighted by Gasteiger charge is -2.13. The van der Waals surface area contributed by atoms with Crippen molar-refractivity contribution < 1.29 is 0 Å². The Morgan fingerprint density at radius 1 is 0.739 bits per heavy atom. The third kappa shape index (κ3) is 2.74. The average molecular weight is 295 g/mol. The van der Waals surface area contributed by atoms with E-state index in [0.29, 0.717) is 5.92 Å². The lowest BCUT2D eigenvalue weighted by Crippen LogP contribution is -1.98. The molecule has 0 N–H and O–H groups in total. The molecule has 1 aliphatic rings. The first kappa shape index (κ1) is 13.7. The number of hydrogen-bond acceptors (Lipinski definition) is 1. The summed E-state index contributed by atoms with van der Waals surface area (Å²) in [5.41, 5.74) is 3.48. The average Bonchev–Trinajstić information content (AvgIpc) is 3.15. The highest BCUT2D eigenvalue weighted by Crippen LogP contribution is 2.30. The van der Waals surface area contributed by atoms with E-state index in [9.17, 15) is 0 Å². The molecule has 0 saturated carbocycles. The molecule has 0 saturated heterocycles. The number of hydrogen-bond donors (Lipinski definition) is 0. The fourth-order valence-electron chi connectivity index (χ4n) is 3.04. The number of aliphatic imine (C=N–C) groups is 1. The van der Waals surface area contributed by atoms with Crippen LogP contribution in [0.15, 0.2) is 96.0 Å². The van der Waals surface area contributed by atoms with Crippen molar-refractivity contribution in [2.75, 3.05) is 0 Å². The van der Waals surface area contributed by atoms with Gasteiger partial charge in [-0.3, -0.25) is 4.99 Å². The smallest absolute Gasteiger partial charge is 0.0629 e. The second kappa shape index (κ2) is 6.05. The summed E-state index contributed by atoms with van der Waals surface area (Å²) >= 11 is 0. The lowest BCUT2D eigenvalue weighted by atomic mass is 9.91. The first-order valence-corrected chi connectivity index (χ1v) is 7.87. The van der Waals surface area contributed by atoms with Gasteiger partial charge in [0, 0.05) is 17.7 Å². The van der Waals surface area contributed by atoms with Gasteiger partial charge in [0.25, 0.3) is 0 Å². The van der Waals surface area contributed by atoms with Gasteiger partial charge in [0.05, 0.1) is 5.69 Å². The fourth-order valence-corrected chi connectivity index (χ4v) is 3.04. The maximum absolute atomic E-state index is 4.69. The highest BCUT2D eigenvalue weighted by atomic mass is 14.7. The van der Waals surface area contributed by atoms with E-state index in [1.807, 2.05) is 36.5 Å². The van der Waals surface area contributed by atoms with Crippen LogP contribution in [0.3, 0.4) is 0 Å². The normalized spacial score (nSPS) is 14.3. The molecule has 0 fully saturated rings. The molecule has 23 heavy (non-hydrogen) atoms. The summed E-state index contributed by atoms with van der Waals surface area (Å²) in [6, 6.07) is 23.0. The number of fused-ring (bicyclic) bond motifs is 1. The monoisotopic (exact) mass is 295 g/mol. The van der Waals surface area contributed by atoms with Crippen LogP contribution in [0.25, 0.3) is 10.8 Å². The van der Waals surface area contributed by atoms with Crippen molar-refractivity contribution in [3.05, 3.63) is 102 Å². The van der Waals surface area contributed by atoms with Gasteiger partial charge in [-0.05, 0) is 28.5 Å². The Morgan fingerprint density at radius 2 is 1.48 bits per heavy atom. The van der Waals surface area contributed by atoms with Gasteiger partial charge < -0.3 is 0 Å². The second-order valence-corrected chi connectivity index (χ2v) is 5.68. The maximum atomic E-state index is 4.69. The van der Waals surface area contributed by atoms with E-state index in [1.54, 1.807) is 0 Å². The van der Waals surface area contributed by atoms with Crippen LogP contribution in [0.1, 0.15) is 17.0 Å². The van der Waals surface area contributed by atoms with E-state index in [-0.39, 0.29) is 0 Å². The third-order valence-electron chi connectivity index (χ3n) is 4.21. The Morgan fingerprint density at radius 3 is 2.30 bits per heavy atom. The molecular formula is C22H17N. The summed E-state index contributed by atoms with van der Waals surface area (Å²) in [5, 5.41) is 2.50. The Bertz CT molecular complexity index is 905. The predicted octanol–water partition coefficient (Wildman–Crippen LogP) is 5.80. The molecule has 3 aromatic rings. The molecule has 0 amide bonds. The molecule has 0 spiro atoms. The van der Waals surface area contributed by atoms with E-state index in [0.717, 1.165) is 5.69 Å². The van der Waals surface area contributed by atoms with E-state index in [2.05, 4.69) is 65.7 Å². The summed E-state index contributed by atoms with van der Waals surface area (Å²) in [6.07, 6.45) is 10.7. The first-order chi connectivity index (χ1) is 11.4. The van der Waals surface area contributed by atoms with Gasteiger partial charge in [0.2, 0.25) is 0 Å². The van der Waals surface area contributed by atoms with Gasteiger partial charge >= 0.3 is 0 Å². The minimum atomic E-state index is 0.330. The Labute approximate surface area is 136 Å². The second-order valence-electron chi connectivity index (χ2n) is 5.68. The molecule has 0 atom stereocenters. The number of nitrogens with zero attached hydrogens (tertiary/aromatic N) is 1. The summed E-state index contributed by atoms with van der Waals surface area (Å²) in [5.74, 6) is 0.330. The van der Waals surface area contributed by atoms with Crippen molar-refractivity contribution in [3.63, 3.8) is 0 Å². The lowest BCUT2D eigenvalue weighted by molar-refractivity contribution is 1.11. The molecule has 4 rings (SSSR count). The Balaban J connectivity index is 1.87. The van der Waals surface area contributed by atoms with Crippen LogP contribution in [0.4, 0.5) is 5.69 Å². The van der Waals surface area contributed by atoms with E-state index >= 15 is 0 Å². The zero-order chi connectivity index (χ0) is 15.5. The quantitative estimate of drug-likeness (QED) is 0.541. The van der Waals surface area contributed by atoms with Crippen LogP contribution < -0.4 is 0 Å². The molecule has 0 bridgehead atoms. The molecule has 0 heterocycles. The summed E-state index contributed by atoms with van der Waals surface area (Å²) in [4.78, 5) is 4.69. The van der Waals surface area contributed by atoms with E-state index in [4.69, 9.17) is 0 Å². The van der Waals surface area contributed by atoms with Crippen molar-refractivity contribution in [3.8, 4) is 0 Å². The van der Waals surface area contributed by atoms with Crippen molar-refractivity contribution in [2.24, 2.45) is 4.99 Å². The van der Waals surface area contributed by atoms with Crippen LogP contribution in [0.5, 0.6) is 0 Å². The van der Waals surface area contributed by atoms with Crippen molar-refractivity contribution in [1.82, 2.24) is 0 Å². The summed E-state index contributed by atoms with van der Waals surface area (Å²) in [7, 11) is 0. The van der Waals surface area contributed by atoms with E-state index in [1.165, 1.54) is 21.9 Å². The molecular weight excluding hydrogens is 278 g/mol. The third-order valence-corrected chi connectivity index (χ3v) is 4.21. The largest absolute Gasteiger partial charge is 0.256 e. The molecule has 0 radical (unpaired) electrons. The molecule has 1 aliphatic carbocycles. The van der Waals surface area contributed by atoms with Crippen LogP contribution in [-0.4, -0.2) is 6.21 Å². The Kier molecular flexibility index (Phi) is 3.61. The van der Waals surface area contributed by atoms with Gasteiger partial charge in [0.15, 0.2) is 0 Å². The maximum Gasteiger partial charge on any atom is 0.0629 e. The van der Waals surface area contributed by atoms with Crippen molar-refractivity contribution in [2.45, 2.75) is 5.92 Å². The SMILES string of the molecule is C1=CC(c2ccc3ccccc3c2C=Nc2ccccc2)C=C1. The molecule has 0 aliphatic heterocycles. The highest BCUT2D eigenvalue weighted by molar-refractivity contribution is 6.02. The van der Waals surface area contributed by atoms with Crippen LogP contribution in [-0.2, 0) is 0 Å². The van der Waals surface area contributed by atoms with Crippen LogP contribution in [0.2, 0.25) is 0 Å². The van der Waals surface area contributed by atoms with Gasteiger partial charge in [-0.15, -0.1) is 0 Å². The van der Waals surface area contributed by atoms with Gasteiger partial charge in [0.1, 0.15) is 0 Å². The number of para-hydroxylation sites is 1. The molecule has 110 valence electrons. The molecule has 1 nitrogen and oxygen atoms in total. The summed E-state index contributed by atoms with van der Waals surface area (Å²) < 4.78 is 0. The van der Waals surface area contributed by atoms with Gasteiger partial charge in [-0.25, -0.2) is 0 Å². The minimum Gasteiger partial charge on any atom is -0.256 e. The van der Waals surface area contributed by atoms with E-state index < -0.39 is 0 Å². The van der Waals surface area contributed by atoms with Gasteiger partial charge in [-0.1, -0.05) is 78.9 Å². The first-order valence-electron chi connectivity index (χ1n) is 7.87. The Hall–Kier alpha value is -2.93. The number of allylic oxidation sites excluding steroid dienone is 4. The molecule has 3 aromatic carbocycles. The van der Waals surface area contributed by atoms with Gasteiger partial charge in [-0.2, -0.15) is 0 Å². The summed E-state index contributed by atoms with van der Waals surface area (Å²) in [6.45, 7) is 0. The zero-order valence-corrected chi connectivity index (χ0v) is 12.8. The van der Waals surface area contributed by atoms with Crippen molar-refractivity contribution in [1.29, 1.82) is 0 Å². The van der Waals surface area contributed by atoms with Crippen LogP contribution in [0, 0.1) is 0 Å². The number of benzene rings is 3. The predicted molar refractivity (Wildman–Crippen MR) is 98.7 cm³/mol. The fraction of sp³-hybridized carbons (Fsp3) is 0.0455. The molecule has 1 heteroatoms. The topological polar surface area (TPSA) is 12.4 Å². The zero-order valence-electron chi connectivity index (χ0n) is 12.8.